The number of piperidine rings is 1. The minimum absolute atomic E-state index is 0.124. The Bertz CT molecular complexity index is 716. The molecular formula is C14H15F2N3O3. The van der Waals surface area contributed by atoms with Crippen LogP contribution in [-0.2, 0) is 0 Å². The van der Waals surface area contributed by atoms with E-state index in [4.69, 9.17) is 4.74 Å². The third-order valence-electron chi connectivity index (χ3n) is 3.63. The highest BCUT2D eigenvalue weighted by molar-refractivity contribution is 6.02. The quantitative estimate of drug-likeness (QED) is 0.904. The number of hydrogen-bond acceptors (Lipinski definition) is 4. The Morgan fingerprint density at radius 1 is 1.55 bits per heavy atom. The van der Waals surface area contributed by atoms with Crippen molar-refractivity contribution < 1.29 is 23.4 Å². The van der Waals surface area contributed by atoms with E-state index >= 15 is 0 Å². The number of fused-ring (bicyclic) bond motifs is 1. The molecule has 1 saturated heterocycles. The molecule has 22 heavy (non-hydrogen) atoms. The predicted molar refractivity (Wildman–Crippen MR) is 73.2 cm³/mol. The van der Waals surface area contributed by atoms with Crippen LogP contribution in [0, 0.1) is 0 Å². The number of β-amino-alcohol motifs (C(OH)–C–C–N with tert-alkyl or cyclic N) is 1. The summed E-state index contributed by atoms with van der Waals surface area (Å²) in [6.07, 6.45) is 1.08. The molecule has 8 heteroatoms. The molecule has 1 N–H and O–H groups in total. The number of aromatic nitrogens is 2. The Balaban J connectivity index is 1.99. The zero-order valence-electron chi connectivity index (χ0n) is 11.9. The SMILES string of the molecule is COc1cccn2ncc(C(=O)N3C[C@@H](O)CC(F)(F)C3)c12. The summed E-state index contributed by atoms with van der Waals surface area (Å²) in [5, 5.41) is 13.6. The molecule has 2 aromatic heterocycles. The fourth-order valence-corrected chi connectivity index (χ4v) is 2.73. The van der Waals surface area contributed by atoms with Gasteiger partial charge in [-0.3, -0.25) is 4.79 Å². The lowest BCUT2D eigenvalue weighted by molar-refractivity contribution is -0.0972. The molecular weight excluding hydrogens is 296 g/mol. The lowest BCUT2D eigenvalue weighted by Gasteiger charge is -2.35. The van der Waals surface area contributed by atoms with Crippen molar-refractivity contribution >= 4 is 11.4 Å². The van der Waals surface area contributed by atoms with Gasteiger partial charge in [0, 0.05) is 19.2 Å². The van der Waals surface area contributed by atoms with Gasteiger partial charge in [-0.25, -0.2) is 13.3 Å². The summed E-state index contributed by atoms with van der Waals surface area (Å²) in [6.45, 7) is -0.837. The van der Waals surface area contributed by atoms with Crippen LogP contribution in [-0.4, -0.2) is 57.8 Å². The summed E-state index contributed by atoms with van der Waals surface area (Å²) in [4.78, 5) is 13.5. The molecule has 1 amide bonds. The molecule has 1 fully saturated rings. The van der Waals surface area contributed by atoms with E-state index in [2.05, 4.69) is 5.10 Å². The second-order valence-electron chi connectivity index (χ2n) is 5.33. The van der Waals surface area contributed by atoms with Crippen LogP contribution in [0.2, 0.25) is 0 Å². The van der Waals surface area contributed by atoms with Gasteiger partial charge >= 0.3 is 0 Å². The van der Waals surface area contributed by atoms with Gasteiger partial charge < -0.3 is 14.7 Å². The number of pyridine rings is 1. The zero-order chi connectivity index (χ0) is 15.9. The van der Waals surface area contributed by atoms with Crippen molar-refractivity contribution in [3.05, 3.63) is 30.1 Å². The van der Waals surface area contributed by atoms with E-state index in [1.54, 1.807) is 18.3 Å². The third kappa shape index (κ3) is 2.50. The van der Waals surface area contributed by atoms with Crippen molar-refractivity contribution in [3.8, 4) is 5.75 Å². The van der Waals surface area contributed by atoms with Crippen LogP contribution in [0.25, 0.3) is 5.52 Å². The number of halogens is 2. The van der Waals surface area contributed by atoms with Crippen molar-refractivity contribution in [2.75, 3.05) is 20.2 Å². The first kappa shape index (κ1) is 14.7. The zero-order valence-corrected chi connectivity index (χ0v) is 11.9. The first-order chi connectivity index (χ1) is 10.4. The highest BCUT2D eigenvalue weighted by atomic mass is 19.3. The lowest BCUT2D eigenvalue weighted by atomic mass is 10.0. The second kappa shape index (κ2) is 5.20. The van der Waals surface area contributed by atoms with E-state index < -0.39 is 30.9 Å². The van der Waals surface area contributed by atoms with Gasteiger partial charge in [0.2, 0.25) is 0 Å². The van der Waals surface area contributed by atoms with E-state index in [9.17, 15) is 18.7 Å². The average Bonchev–Trinajstić information content (AvgIpc) is 2.88. The fraction of sp³-hybridized carbons (Fsp3) is 0.429. The number of alkyl halides is 2. The topological polar surface area (TPSA) is 67.1 Å². The Kier molecular flexibility index (Phi) is 3.48. The van der Waals surface area contributed by atoms with Gasteiger partial charge in [-0.1, -0.05) is 0 Å². The summed E-state index contributed by atoms with van der Waals surface area (Å²) in [6, 6.07) is 3.36. The Hall–Kier alpha value is -2.22. The molecule has 118 valence electrons. The maximum absolute atomic E-state index is 13.6. The molecule has 0 aliphatic carbocycles. The number of aliphatic hydroxyl groups excluding tert-OH is 1. The molecule has 3 heterocycles. The maximum atomic E-state index is 13.6. The summed E-state index contributed by atoms with van der Waals surface area (Å²) in [7, 11) is 1.45. The molecule has 0 radical (unpaired) electrons. The highest BCUT2D eigenvalue weighted by Gasteiger charge is 2.42. The summed E-state index contributed by atoms with van der Waals surface area (Å²) < 4.78 is 33.8. The Morgan fingerprint density at radius 2 is 2.32 bits per heavy atom. The molecule has 1 atom stereocenters. The molecule has 2 aromatic rings. The van der Waals surface area contributed by atoms with E-state index in [-0.39, 0.29) is 12.1 Å². The Morgan fingerprint density at radius 3 is 3.00 bits per heavy atom. The van der Waals surface area contributed by atoms with E-state index in [0.29, 0.717) is 11.3 Å². The number of nitrogens with zero attached hydrogens (tertiary/aromatic N) is 3. The molecule has 6 nitrogen and oxygen atoms in total. The molecule has 3 rings (SSSR count). The number of rotatable bonds is 2. The normalized spacial score (nSPS) is 21.1. The molecule has 1 aliphatic rings. The maximum Gasteiger partial charge on any atom is 0.267 e. The number of methoxy groups -OCH3 is 1. The van der Waals surface area contributed by atoms with Crippen molar-refractivity contribution in [1.29, 1.82) is 0 Å². The van der Waals surface area contributed by atoms with Crippen LogP contribution in [0.1, 0.15) is 16.8 Å². The van der Waals surface area contributed by atoms with Crippen molar-refractivity contribution in [3.63, 3.8) is 0 Å². The van der Waals surface area contributed by atoms with Gasteiger partial charge in [0.25, 0.3) is 11.8 Å². The predicted octanol–water partition coefficient (Wildman–Crippen LogP) is 1.18. The van der Waals surface area contributed by atoms with E-state index in [1.165, 1.54) is 17.8 Å². The number of amides is 1. The number of hydrogen-bond donors (Lipinski definition) is 1. The van der Waals surface area contributed by atoms with Gasteiger partial charge in [0.15, 0.2) is 0 Å². The fourth-order valence-electron chi connectivity index (χ4n) is 2.73. The van der Waals surface area contributed by atoms with E-state index in [1.807, 2.05) is 0 Å². The molecule has 0 spiro atoms. The minimum atomic E-state index is -3.10. The molecule has 0 bridgehead atoms. The van der Waals surface area contributed by atoms with Crippen LogP contribution in [0.5, 0.6) is 5.75 Å². The number of likely N-dealkylation sites (tertiary alicyclic amines) is 1. The summed E-state index contributed by atoms with van der Waals surface area (Å²) >= 11 is 0. The average molecular weight is 311 g/mol. The third-order valence-corrected chi connectivity index (χ3v) is 3.63. The van der Waals surface area contributed by atoms with Crippen LogP contribution < -0.4 is 4.74 Å². The second-order valence-corrected chi connectivity index (χ2v) is 5.33. The van der Waals surface area contributed by atoms with Crippen molar-refractivity contribution in [2.45, 2.75) is 18.4 Å². The standard InChI is InChI=1S/C14H15F2N3O3/c1-22-11-3-2-4-19-12(11)10(6-17-19)13(21)18-7-9(20)5-14(15,16)8-18/h2-4,6,9,20H,5,7-8H2,1H3/t9-/m0/s1. The van der Waals surface area contributed by atoms with Crippen LogP contribution in [0.3, 0.4) is 0 Å². The first-order valence-electron chi connectivity index (χ1n) is 6.77. The summed E-state index contributed by atoms with van der Waals surface area (Å²) in [5.74, 6) is -3.27. The van der Waals surface area contributed by atoms with Crippen molar-refractivity contribution in [2.24, 2.45) is 0 Å². The smallest absolute Gasteiger partial charge is 0.267 e. The molecule has 0 saturated carbocycles. The van der Waals surface area contributed by atoms with Crippen molar-refractivity contribution in [1.82, 2.24) is 14.5 Å². The van der Waals surface area contributed by atoms with E-state index in [0.717, 1.165) is 4.90 Å². The lowest BCUT2D eigenvalue weighted by Crippen LogP contribution is -2.51. The van der Waals surface area contributed by atoms with Gasteiger partial charge in [-0.2, -0.15) is 5.10 Å². The number of ether oxygens (including phenoxy) is 1. The molecule has 0 unspecified atom stereocenters. The van der Waals surface area contributed by atoms with Gasteiger partial charge in [0.05, 0.1) is 31.5 Å². The first-order valence-corrected chi connectivity index (χ1v) is 6.77. The van der Waals surface area contributed by atoms with Crippen LogP contribution in [0.4, 0.5) is 8.78 Å². The number of carbonyl (C=O) groups excluding carboxylic acids is 1. The van der Waals surface area contributed by atoms with Gasteiger partial charge in [-0.05, 0) is 12.1 Å². The minimum Gasteiger partial charge on any atom is -0.494 e. The van der Waals surface area contributed by atoms with Crippen LogP contribution in [0.15, 0.2) is 24.5 Å². The monoisotopic (exact) mass is 311 g/mol. The Labute approximate surface area is 124 Å². The molecule has 1 aliphatic heterocycles. The molecule has 0 aromatic carbocycles. The largest absolute Gasteiger partial charge is 0.494 e. The summed E-state index contributed by atoms with van der Waals surface area (Å²) in [5.41, 5.74) is 0.584. The number of aliphatic hydroxyl groups is 1. The van der Waals surface area contributed by atoms with Crippen LogP contribution >= 0.6 is 0 Å². The number of carbonyl (C=O) groups is 1. The van der Waals surface area contributed by atoms with Gasteiger partial charge in [-0.15, -0.1) is 0 Å². The highest BCUT2D eigenvalue weighted by Crippen LogP contribution is 2.30. The van der Waals surface area contributed by atoms with Gasteiger partial charge in [0.1, 0.15) is 11.3 Å².